The van der Waals surface area contributed by atoms with Crippen molar-refractivity contribution in [2.45, 2.75) is 32.7 Å². The first-order valence-electron chi connectivity index (χ1n) is 11.3. The Labute approximate surface area is 192 Å². The van der Waals surface area contributed by atoms with Crippen LogP contribution in [0.1, 0.15) is 25.8 Å². The Kier molecular flexibility index (Phi) is 5.32. The maximum Gasteiger partial charge on any atom is 0.217 e. The lowest BCUT2D eigenvalue weighted by molar-refractivity contribution is -0.119. The third-order valence-corrected chi connectivity index (χ3v) is 6.33. The van der Waals surface area contributed by atoms with Gasteiger partial charge >= 0.3 is 0 Å². The van der Waals surface area contributed by atoms with Crippen molar-refractivity contribution in [3.8, 4) is 22.5 Å². The predicted molar refractivity (Wildman–Crippen MR) is 128 cm³/mol. The van der Waals surface area contributed by atoms with E-state index in [1.165, 1.54) is 5.56 Å². The van der Waals surface area contributed by atoms with Crippen LogP contribution in [0.15, 0.2) is 36.8 Å². The van der Waals surface area contributed by atoms with E-state index in [0.29, 0.717) is 6.54 Å². The van der Waals surface area contributed by atoms with Crippen LogP contribution in [0.4, 0.5) is 5.82 Å². The molecule has 9 heteroatoms. The number of benzene rings is 1. The van der Waals surface area contributed by atoms with E-state index in [-0.39, 0.29) is 11.9 Å². The second kappa shape index (κ2) is 8.31. The Balaban J connectivity index is 1.63. The summed E-state index contributed by atoms with van der Waals surface area (Å²) in [7, 11) is 3.85. The average molecular weight is 445 g/mol. The molecule has 1 atom stereocenters. The Bertz CT molecular complexity index is 1320. The lowest BCUT2D eigenvalue weighted by Gasteiger charge is -2.18. The van der Waals surface area contributed by atoms with E-state index in [1.807, 2.05) is 25.0 Å². The smallest absolute Gasteiger partial charge is 0.217 e. The highest BCUT2D eigenvalue weighted by atomic mass is 16.1. The predicted octanol–water partition coefficient (Wildman–Crippen LogP) is 2.71. The molecule has 4 aromatic rings. The molecule has 0 bridgehead atoms. The van der Waals surface area contributed by atoms with Crippen molar-refractivity contribution >= 4 is 22.8 Å². The highest BCUT2D eigenvalue weighted by Crippen LogP contribution is 2.38. The van der Waals surface area contributed by atoms with Crippen molar-refractivity contribution in [3.05, 3.63) is 42.4 Å². The number of hydrogen-bond donors (Lipinski definition) is 1. The van der Waals surface area contributed by atoms with Gasteiger partial charge in [-0.15, -0.1) is 0 Å². The van der Waals surface area contributed by atoms with Crippen LogP contribution in [0.25, 0.3) is 33.5 Å². The van der Waals surface area contributed by atoms with Crippen LogP contribution in [0.3, 0.4) is 0 Å². The Morgan fingerprint density at radius 3 is 2.67 bits per heavy atom. The fourth-order valence-corrected chi connectivity index (χ4v) is 4.71. The zero-order valence-electron chi connectivity index (χ0n) is 19.4. The number of aromatic nitrogens is 6. The number of nitrogens with one attached hydrogen (secondary N) is 1. The summed E-state index contributed by atoms with van der Waals surface area (Å²) in [5.41, 5.74) is 5.92. The van der Waals surface area contributed by atoms with Gasteiger partial charge in [-0.05, 0) is 18.4 Å². The summed E-state index contributed by atoms with van der Waals surface area (Å²) < 4.78 is 3.69. The first-order chi connectivity index (χ1) is 16.0. The summed E-state index contributed by atoms with van der Waals surface area (Å²) >= 11 is 0. The monoisotopic (exact) mass is 444 g/mol. The van der Waals surface area contributed by atoms with Crippen LogP contribution < -0.4 is 10.2 Å². The minimum absolute atomic E-state index is 0.00848. The van der Waals surface area contributed by atoms with E-state index < -0.39 is 0 Å². The van der Waals surface area contributed by atoms with Gasteiger partial charge in [0.15, 0.2) is 5.65 Å². The summed E-state index contributed by atoms with van der Waals surface area (Å²) in [5.74, 6) is 0.831. The number of carbonyl (C=O) groups excluding carboxylic acids is 1. The highest BCUT2D eigenvalue weighted by Gasteiger charge is 2.29. The van der Waals surface area contributed by atoms with E-state index in [0.717, 1.165) is 58.8 Å². The van der Waals surface area contributed by atoms with E-state index in [9.17, 15) is 4.79 Å². The molecule has 5 rings (SSSR count). The number of fused-ring (bicyclic) bond motifs is 1. The molecule has 9 nitrogen and oxygen atoms in total. The molecule has 1 aliphatic rings. The van der Waals surface area contributed by atoms with Gasteiger partial charge in [0.05, 0.1) is 17.3 Å². The molecule has 33 heavy (non-hydrogen) atoms. The van der Waals surface area contributed by atoms with E-state index >= 15 is 0 Å². The summed E-state index contributed by atoms with van der Waals surface area (Å²) in [6.45, 7) is 5.23. The van der Waals surface area contributed by atoms with Gasteiger partial charge in [-0.1, -0.05) is 31.2 Å². The molecule has 4 heterocycles. The van der Waals surface area contributed by atoms with Crippen molar-refractivity contribution in [1.29, 1.82) is 0 Å². The molecule has 170 valence electrons. The zero-order chi connectivity index (χ0) is 23.1. The number of carbonyl (C=O) groups is 1. The number of anilines is 1. The average Bonchev–Trinajstić information content (AvgIpc) is 3.51. The second-order valence-electron chi connectivity index (χ2n) is 8.58. The van der Waals surface area contributed by atoms with Crippen LogP contribution in [0.5, 0.6) is 0 Å². The van der Waals surface area contributed by atoms with Gasteiger partial charge in [0.1, 0.15) is 17.8 Å². The van der Waals surface area contributed by atoms with Gasteiger partial charge in [-0.3, -0.25) is 9.48 Å². The Morgan fingerprint density at radius 1 is 1.15 bits per heavy atom. The Hall–Kier alpha value is -3.75. The van der Waals surface area contributed by atoms with Gasteiger partial charge in [0, 0.05) is 51.3 Å². The summed E-state index contributed by atoms with van der Waals surface area (Å²) in [5, 5.41) is 13.4. The maximum atomic E-state index is 11.5. The quantitative estimate of drug-likeness (QED) is 0.509. The van der Waals surface area contributed by atoms with Crippen LogP contribution in [-0.2, 0) is 25.3 Å². The molecule has 1 aliphatic heterocycles. The molecular formula is C24H28N8O. The van der Waals surface area contributed by atoms with Crippen molar-refractivity contribution in [2.24, 2.45) is 14.1 Å². The van der Waals surface area contributed by atoms with Crippen molar-refractivity contribution in [3.63, 3.8) is 0 Å². The highest BCUT2D eigenvalue weighted by molar-refractivity contribution is 6.01. The van der Waals surface area contributed by atoms with Crippen LogP contribution in [0.2, 0.25) is 0 Å². The summed E-state index contributed by atoms with van der Waals surface area (Å²) in [6.07, 6.45) is 5.33. The Morgan fingerprint density at radius 2 is 1.94 bits per heavy atom. The third kappa shape index (κ3) is 3.73. The topological polar surface area (TPSA) is 93.8 Å². The number of amides is 1. The first-order valence-corrected chi connectivity index (χ1v) is 11.3. The minimum Gasteiger partial charge on any atom is -0.354 e. The van der Waals surface area contributed by atoms with Gasteiger partial charge < -0.3 is 10.2 Å². The molecular weight excluding hydrogens is 416 g/mol. The molecule has 3 aromatic heterocycles. The molecule has 0 spiro atoms. The number of rotatable bonds is 5. The second-order valence-corrected chi connectivity index (χ2v) is 8.58. The van der Waals surface area contributed by atoms with Crippen LogP contribution >= 0.6 is 0 Å². The van der Waals surface area contributed by atoms with Crippen molar-refractivity contribution in [2.75, 3.05) is 18.0 Å². The normalized spacial score (nSPS) is 16.0. The van der Waals surface area contributed by atoms with Crippen molar-refractivity contribution in [1.82, 2.24) is 34.8 Å². The molecule has 1 saturated heterocycles. The SMILES string of the molecule is CCc1ccc(-c2c(-c3nn(C)c4ncnc(N5CC[C@H](NC(C)=O)C5)c34)cnn2C)cc1. The van der Waals surface area contributed by atoms with Crippen LogP contribution in [-0.4, -0.2) is 54.6 Å². The summed E-state index contributed by atoms with van der Waals surface area (Å²) in [4.78, 5) is 22.9. The van der Waals surface area contributed by atoms with E-state index in [1.54, 1.807) is 17.9 Å². The lowest BCUT2D eigenvalue weighted by atomic mass is 10.0. The largest absolute Gasteiger partial charge is 0.354 e. The molecule has 1 aromatic carbocycles. The molecule has 1 fully saturated rings. The molecule has 0 aliphatic carbocycles. The molecule has 1 amide bonds. The molecule has 0 saturated carbocycles. The first kappa shape index (κ1) is 21.1. The van der Waals surface area contributed by atoms with Crippen LogP contribution in [0, 0.1) is 0 Å². The van der Waals surface area contributed by atoms with Gasteiger partial charge in [-0.25, -0.2) is 14.6 Å². The van der Waals surface area contributed by atoms with Crippen molar-refractivity contribution < 1.29 is 4.79 Å². The third-order valence-electron chi connectivity index (χ3n) is 6.33. The number of nitrogens with zero attached hydrogens (tertiary/aromatic N) is 7. The van der Waals surface area contributed by atoms with E-state index in [4.69, 9.17) is 5.10 Å². The van der Waals surface area contributed by atoms with Gasteiger partial charge in [-0.2, -0.15) is 10.2 Å². The fourth-order valence-electron chi connectivity index (χ4n) is 4.71. The standard InChI is InChI=1S/C24H28N8O/c1-5-16-6-8-17(9-7-16)22-19(12-27-30(22)3)21-20-23(31(4)29-21)25-14-26-24(20)32-11-10-18(13-32)28-15(2)33/h6-9,12,14,18H,5,10-11,13H2,1-4H3,(H,28,33)/t18-/m0/s1. The summed E-state index contributed by atoms with van der Waals surface area (Å²) in [6, 6.07) is 8.70. The minimum atomic E-state index is -0.00848. The van der Waals surface area contributed by atoms with E-state index in [2.05, 4.69) is 56.5 Å². The maximum absolute atomic E-state index is 11.5. The van der Waals surface area contributed by atoms with Gasteiger partial charge in [0.25, 0.3) is 0 Å². The fraction of sp³-hybridized carbons (Fsp3) is 0.375. The molecule has 1 N–H and O–H groups in total. The lowest BCUT2D eigenvalue weighted by Crippen LogP contribution is -2.35. The van der Waals surface area contributed by atoms with Gasteiger partial charge in [0.2, 0.25) is 5.91 Å². The molecule has 0 radical (unpaired) electrons. The molecule has 0 unspecified atom stereocenters. The number of hydrogen-bond acceptors (Lipinski definition) is 6. The number of aryl methyl sites for hydroxylation is 3. The zero-order valence-corrected chi connectivity index (χ0v) is 19.4.